The number of nitrogens with zero attached hydrogens (tertiary/aromatic N) is 1. The number of para-hydroxylation sites is 1. The number of rotatable bonds is 2. The summed E-state index contributed by atoms with van der Waals surface area (Å²) >= 11 is 0. The van der Waals surface area contributed by atoms with E-state index < -0.39 is 10.0 Å². The first-order chi connectivity index (χ1) is 13.9. The molecule has 2 bridgehead atoms. The number of fused-ring (bicyclic) bond motifs is 5. The van der Waals surface area contributed by atoms with Crippen LogP contribution < -0.4 is 10.0 Å². The van der Waals surface area contributed by atoms with Crippen LogP contribution in [0.3, 0.4) is 0 Å². The highest BCUT2D eigenvalue weighted by Crippen LogP contribution is 2.38. The van der Waals surface area contributed by atoms with E-state index >= 15 is 0 Å². The molecule has 1 saturated carbocycles. The van der Waals surface area contributed by atoms with Gasteiger partial charge in [0.25, 0.3) is 0 Å². The Morgan fingerprint density at radius 3 is 2.66 bits per heavy atom. The van der Waals surface area contributed by atoms with Crippen molar-refractivity contribution in [1.82, 2.24) is 9.62 Å². The number of amides is 1. The molecular formula is C21H31N3O4S. The van der Waals surface area contributed by atoms with Crippen LogP contribution in [0.2, 0.25) is 0 Å². The highest BCUT2D eigenvalue weighted by atomic mass is 32.2. The minimum atomic E-state index is -3.36. The number of piperidine rings is 1. The second-order valence-corrected chi connectivity index (χ2v) is 10.3. The molecule has 4 aliphatic rings. The van der Waals surface area contributed by atoms with E-state index in [2.05, 4.69) is 22.2 Å². The third-order valence-electron chi connectivity index (χ3n) is 6.47. The second kappa shape index (κ2) is 8.62. The molecule has 5 rings (SSSR count). The number of carbonyl (C=O) groups excluding carboxylic acids is 1. The summed E-state index contributed by atoms with van der Waals surface area (Å²) < 4.78 is 32.7. The van der Waals surface area contributed by atoms with Gasteiger partial charge in [0.1, 0.15) is 0 Å². The Morgan fingerprint density at radius 2 is 1.90 bits per heavy atom. The number of ether oxygens (including phenoxy) is 1. The SMILES string of the molecule is CS(=O)(=O)N[C@H]1CCCN2C(=O)CNc3ccccc3[C@H]3CC[C@H](CC3)OC[C@@H]12. The second-order valence-electron chi connectivity index (χ2n) is 8.54. The number of benzene rings is 1. The fourth-order valence-corrected chi connectivity index (χ4v) is 5.87. The smallest absolute Gasteiger partial charge is 0.242 e. The minimum Gasteiger partial charge on any atom is -0.376 e. The predicted molar refractivity (Wildman–Crippen MR) is 112 cm³/mol. The molecule has 0 unspecified atom stereocenters. The van der Waals surface area contributed by atoms with Crippen LogP contribution >= 0.6 is 0 Å². The maximum absolute atomic E-state index is 13.1. The van der Waals surface area contributed by atoms with Crippen LogP contribution in [-0.2, 0) is 19.6 Å². The Kier molecular flexibility index (Phi) is 6.13. The quantitative estimate of drug-likeness (QED) is 0.763. The van der Waals surface area contributed by atoms with Crippen molar-refractivity contribution in [3.8, 4) is 0 Å². The molecule has 2 N–H and O–H groups in total. The van der Waals surface area contributed by atoms with Crippen LogP contribution in [0.15, 0.2) is 24.3 Å². The van der Waals surface area contributed by atoms with Crippen molar-refractivity contribution in [3.05, 3.63) is 29.8 Å². The Morgan fingerprint density at radius 1 is 1.14 bits per heavy atom. The van der Waals surface area contributed by atoms with Gasteiger partial charge in [-0.2, -0.15) is 0 Å². The molecule has 7 nitrogen and oxygen atoms in total. The zero-order valence-electron chi connectivity index (χ0n) is 17.0. The van der Waals surface area contributed by atoms with Gasteiger partial charge in [-0.3, -0.25) is 4.79 Å². The molecule has 0 radical (unpaired) electrons. The molecule has 0 spiro atoms. The summed E-state index contributed by atoms with van der Waals surface area (Å²) in [5.41, 5.74) is 2.31. The zero-order valence-corrected chi connectivity index (χ0v) is 17.8. The zero-order chi connectivity index (χ0) is 20.4. The molecule has 3 aliphatic heterocycles. The van der Waals surface area contributed by atoms with E-state index in [0.717, 1.165) is 37.8 Å². The van der Waals surface area contributed by atoms with Crippen LogP contribution in [0, 0.1) is 0 Å². The average molecular weight is 422 g/mol. The topological polar surface area (TPSA) is 87.7 Å². The van der Waals surface area contributed by atoms with Gasteiger partial charge in [0.2, 0.25) is 15.9 Å². The van der Waals surface area contributed by atoms with Crippen LogP contribution in [0.4, 0.5) is 5.69 Å². The van der Waals surface area contributed by atoms with Crippen LogP contribution in [-0.4, -0.2) is 63.4 Å². The summed E-state index contributed by atoms with van der Waals surface area (Å²) in [6.45, 7) is 1.21. The van der Waals surface area contributed by atoms with Crippen molar-refractivity contribution < 1.29 is 17.9 Å². The summed E-state index contributed by atoms with van der Waals surface area (Å²) in [5, 5.41) is 3.36. The molecule has 1 aromatic rings. The maximum atomic E-state index is 13.1. The van der Waals surface area contributed by atoms with E-state index in [4.69, 9.17) is 4.74 Å². The van der Waals surface area contributed by atoms with Gasteiger partial charge in [-0.1, -0.05) is 18.2 Å². The van der Waals surface area contributed by atoms with Gasteiger partial charge < -0.3 is 15.0 Å². The van der Waals surface area contributed by atoms with Gasteiger partial charge in [-0.15, -0.1) is 0 Å². The molecule has 0 aromatic heterocycles. The molecule has 1 amide bonds. The monoisotopic (exact) mass is 421 g/mol. The summed E-state index contributed by atoms with van der Waals surface area (Å²) in [6, 6.07) is 7.68. The number of nitrogens with one attached hydrogen (secondary N) is 2. The number of hydrogen-bond donors (Lipinski definition) is 2. The first-order valence-corrected chi connectivity index (χ1v) is 12.5. The third-order valence-corrected chi connectivity index (χ3v) is 7.20. The highest BCUT2D eigenvalue weighted by Gasteiger charge is 2.37. The van der Waals surface area contributed by atoms with Gasteiger partial charge in [-0.05, 0) is 56.1 Å². The molecular weight excluding hydrogens is 390 g/mol. The highest BCUT2D eigenvalue weighted by molar-refractivity contribution is 7.88. The lowest BCUT2D eigenvalue weighted by molar-refractivity contribution is -0.136. The Balaban J connectivity index is 1.61. The fraction of sp³-hybridized carbons (Fsp3) is 0.667. The minimum absolute atomic E-state index is 0.0139. The number of hydrogen-bond acceptors (Lipinski definition) is 5. The standard InChI is InChI=1S/C21H31N3O4S/c1-29(26,27)23-19-7-4-12-24-20(19)14-28-16-10-8-15(9-11-16)17-5-2-3-6-18(17)22-13-21(24)25/h2-3,5-6,15-16,19-20,22-23H,4,7-14H2,1H3/t15-,16+,19-,20-/m0/s1. The average Bonchev–Trinajstić information content (AvgIpc) is 2.71. The molecule has 29 heavy (non-hydrogen) atoms. The lowest BCUT2D eigenvalue weighted by Crippen LogP contribution is -2.59. The molecule has 160 valence electrons. The van der Waals surface area contributed by atoms with Crippen molar-refractivity contribution >= 4 is 21.6 Å². The molecule has 8 heteroatoms. The van der Waals surface area contributed by atoms with Gasteiger partial charge in [0.15, 0.2) is 0 Å². The van der Waals surface area contributed by atoms with E-state index in [1.807, 2.05) is 17.0 Å². The lowest BCUT2D eigenvalue weighted by atomic mass is 9.82. The summed E-state index contributed by atoms with van der Waals surface area (Å²) in [7, 11) is -3.36. The van der Waals surface area contributed by atoms with Crippen LogP contribution in [0.1, 0.15) is 50.0 Å². The van der Waals surface area contributed by atoms with Crippen LogP contribution in [0.5, 0.6) is 0 Å². The Bertz CT molecular complexity index is 836. The largest absolute Gasteiger partial charge is 0.376 e. The van der Waals surface area contributed by atoms with Gasteiger partial charge >= 0.3 is 0 Å². The van der Waals surface area contributed by atoms with Crippen molar-refractivity contribution in [1.29, 1.82) is 0 Å². The molecule has 1 saturated heterocycles. The summed E-state index contributed by atoms with van der Waals surface area (Å²) in [6.07, 6.45) is 6.95. The van der Waals surface area contributed by atoms with Crippen molar-refractivity contribution in [2.24, 2.45) is 0 Å². The Labute approximate surface area is 173 Å². The summed E-state index contributed by atoms with van der Waals surface area (Å²) in [4.78, 5) is 14.9. The first-order valence-electron chi connectivity index (χ1n) is 10.6. The van der Waals surface area contributed by atoms with E-state index in [1.165, 1.54) is 11.8 Å². The van der Waals surface area contributed by atoms with E-state index in [-0.39, 0.29) is 30.6 Å². The third kappa shape index (κ3) is 4.92. The van der Waals surface area contributed by atoms with Crippen LogP contribution in [0.25, 0.3) is 0 Å². The molecule has 2 fully saturated rings. The number of anilines is 1. The molecule has 2 atom stereocenters. The van der Waals surface area contributed by atoms with Crippen molar-refractivity contribution in [2.45, 2.75) is 62.6 Å². The normalized spacial score (nSPS) is 30.9. The summed E-state index contributed by atoms with van der Waals surface area (Å²) in [5.74, 6) is 0.469. The van der Waals surface area contributed by atoms with Gasteiger partial charge in [-0.25, -0.2) is 13.1 Å². The van der Waals surface area contributed by atoms with Crippen molar-refractivity contribution in [3.63, 3.8) is 0 Å². The van der Waals surface area contributed by atoms with Gasteiger partial charge in [0.05, 0.1) is 31.6 Å². The van der Waals surface area contributed by atoms with E-state index in [9.17, 15) is 13.2 Å². The van der Waals surface area contributed by atoms with Crippen molar-refractivity contribution in [2.75, 3.05) is 31.3 Å². The predicted octanol–water partition coefficient (Wildman–Crippen LogP) is 2.06. The fourth-order valence-electron chi connectivity index (χ4n) is 5.05. The first kappa shape index (κ1) is 20.6. The molecule has 1 aliphatic carbocycles. The Hall–Kier alpha value is -1.64. The number of carbonyl (C=O) groups is 1. The molecule has 3 heterocycles. The maximum Gasteiger partial charge on any atom is 0.242 e. The molecule has 1 aromatic carbocycles. The van der Waals surface area contributed by atoms with E-state index in [1.54, 1.807) is 0 Å². The number of sulfonamides is 1. The van der Waals surface area contributed by atoms with E-state index in [0.29, 0.717) is 25.5 Å². The van der Waals surface area contributed by atoms with Gasteiger partial charge in [0, 0.05) is 18.3 Å². The lowest BCUT2D eigenvalue weighted by Gasteiger charge is -2.42.